The summed E-state index contributed by atoms with van der Waals surface area (Å²) in [5.41, 5.74) is 8.66. The lowest BCUT2D eigenvalue weighted by atomic mass is 10.1. The number of anilines is 1. The van der Waals surface area contributed by atoms with Gasteiger partial charge in [-0.25, -0.2) is 14.8 Å². The summed E-state index contributed by atoms with van der Waals surface area (Å²) in [6.45, 7) is 0. The summed E-state index contributed by atoms with van der Waals surface area (Å²) < 4.78 is 11.7. The minimum absolute atomic E-state index is 0.0636. The Hall–Kier alpha value is -4.48. The van der Waals surface area contributed by atoms with Gasteiger partial charge in [0.05, 0.1) is 16.6 Å². The zero-order chi connectivity index (χ0) is 27.2. The Morgan fingerprint density at radius 1 is 0.923 bits per heavy atom. The van der Waals surface area contributed by atoms with Crippen molar-refractivity contribution in [3.8, 4) is 10.6 Å². The normalized spacial score (nSPS) is 11.7. The molecule has 5 aromatic rings. The minimum atomic E-state index is -0.833. The number of aromatic nitrogens is 3. The third-order valence-electron chi connectivity index (χ3n) is 5.64. The second-order valence-corrected chi connectivity index (χ2v) is 10.4. The van der Waals surface area contributed by atoms with Gasteiger partial charge < -0.3 is 15.2 Å². The number of pyridine rings is 1. The van der Waals surface area contributed by atoms with Crippen LogP contribution in [-0.2, 0) is 25.5 Å². The number of hydrogen-bond acceptors (Lipinski definition) is 11. The van der Waals surface area contributed by atoms with E-state index in [0.717, 1.165) is 15.8 Å². The van der Waals surface area contributed by atoms with Crippen LogP contribution >= 0.6 is 22.7 Å². The molecule has 196 valence electrons. The number of nitrogens with zero attached hydrogens (tertiary/aromatic N) is 3. The molecule has 1 atom stereocenters. The second-order valence-electron chi connectivity index (χ2n) is 8.49. The molecular formula is C28H22N4O5S2. The number of esters is 3. The fourth-order valence-electron chi connectivity index (χ4n) is 3.71. The predicted octanol–water partition coefficient (Wildman–Crippen LogP) is 5.39. The van der Waals surface area contributed by atoms with Gasteiger partial charge in [-0.3, -0.25) is 14.6 Å². The number of hydrogen-bond donors (Lipinski definition) is 1. The van der Waals surface area contributed by atoms with Crippen LogP contribution < -0.4 is 5.73 Å². The lowest BCUT2D eigenvalue weighted by Gasteiger charge is -2.14. The molecule has 1 unspecified atom stereocenters. The second kappa shape index (κ2) is 11.9. The van der Waals surface area contributed by atoms with E-state index in [9.17, 15) is 14.4 Å². The monoisotopic (exact) mass is 558 g/mol. The Morgan fingerprint density at radius 3 is 2.46 bits per heavy atom. The topological polar surface area (TPSA) is 134 Å². The number of fused-ring (bicyclic) bond motifs is 1. The number of thiazole rings is 2. The van der Waals surface area contributed by atoms with Crippen molar-refractivity contribution in [3.05, 3.63) is 94.7 Å². The van der Waals surface area contributed by atoms with Crippen LogP contribution in [0.15, 0.2) is 78.4 Å². The largest absolute Gasteiger partial charge is 0.450 e. The van der Waals surface area contributed by atoms with Gasteiger partial charge in [-0.15, -0.1) is 22.7 Å². The van der Waals surface area contributed by atoms with E-state index in [1.165, 1.54) is 22.7 Å². The van der Waals surface area contributed by atoms with Crippen LogP contribution in [0.3, 0.4) is 0 Å². The van der Waals surface area contributed by atoms with Gasteiger partial charge in [0.15, 0.2) is 11.8 Å². The summed E-state index contributed by atoms with van der Waals surface area (Å²) >= 11 is 2.68. The molecule has 0 bridgehead atoms. The van der Waals surface area contributed by atoms with Gasteiger partial charge in [-0.05, 0) is 42.0 Å². The minimum Gasteiger partial charge on any atom is -0.450 e. The maximum Gasteiger partial charge on any atom is 0.358 e. The molecule has 0 radical (unpaired) electrons. The first kappa shape index (κ1) is 26.1. The summed E-state index contributed by atoms with van der Waals surface area (Å²) in [4.78, 5) is 50.8. The van der Waals surface area contributed by atoms with Crippen LogP contribution in [0.2, 0.25) is 0 Å². The zero-order valence-electron chi connectivity index (χ0n) is 20.5. The van der Waals surface area contributed by atoms with E-state index in [-0.39, 0.29) is 25.0 Å². The van der Waals surface area contributed by atoms with E-state index in [1.54, 1.807) is 54.2 Å². The van der Waals surface area contributed by atoms with Crippen molar-refractivity contribution in [1.82, 2.24) is 15.0 Å². The SMILES string of the molecule is Nc1ccc(CC(=O)OC(=O)CCC(OC(=O)c2csc(-c3ccncc3)n2)c2nc3ccccc3s2)cc1. The van der Waals surface area contributed by atoms with Gasteiger partial charge in [0, 0.05) is 41.9 Å². The quantitative estimate of drug-likeness (QED) is 0.144. The number of carbonyl (C=O) groups excluding carboxylic acids is 3. The molecule has 11 heteroatoms. The van der Waals surface area contributed by atoms with E-state index in [2.05, 4.69) is 15.0 Å². The first-order chi connectivity index (χ1) is 18.9. The Morgan fingerprint density at radius 2 is 1.69 bits per heavy atom. The number of nitrogens with two attached hydrogens (primary N) is 1. The molecule has 9 nitrogen and oxygen atoms in total. The summed E-state index contributed by atoms with van der Waals surface area (Å²) in [5, 5.41) is 2.82. The van der Waals surface area contributed by atoms with E-state index < -0.39 is 24.0 Å². The van der Waals surface area contributed by atoms with Crippen LogP contribution in [0.4, 0.5) is 5.69 Å². The highest BCUT2D eigenvalue weighted by Crippen LogP contribution is 2.32. The van der Waals surface area contributed by atoms with Gasteiger partial charge in [0.1, 0.15) is 10.0 Å². The van der Waals surface area contributed by atoms with Gasteiger partial charge in [0.25, 0.3) is 0 Å². The maximum absolute atomic E-state index is 13.0. The molecule has 0 aliphatic carbocycles. The molecule has 0 aliphatic rings. The number of ether oxygens (including phenoxy) is 2. The van der Waals surface area contributed by atoms with Gasteiger partial charge in [-0.1, -0.05) is 24.3 Å². The Labute approximate surface area is 231 Å². The van der Waals surface area contributed by atoms with Crippen LogP contribution in [-0.4, -0.2) is 32.9 Å². The number of benzene rings is 2. The van der Waals surface area contributed by atoms with Crippen LogP contribution in [0.5, 0.6) is 0 Å². The molecular weight excluding hydrogens is 536 g/mol. The predicted molar refractivity (Wildman–Crippen MR) is 148 cm³/mol. The third kappa shape index (κ3) is 6.70. The summed E-state index contributed by atoms with van der Waals surface area (Å²) in [6.07, 6.45) is 2.34. The molecule has 0 fully saturated rings. The van der Waals surface area contributed by atoms with Crippen LogP contribution in [0, 0.1) is 0 Å². The molecule has 0 amide bonds. The Balaban J connectivity index is 1.27. The van der Waals surface area contributed by atoms with Crippen molar-refractivity contribution < 1.29 is 23.9 Å². The number of para-hydroxylation sites is 1. The number of carbonyl (C=O) groups is 3. The van der Waals surface area contributed by atoms with E-state index in [1.807, 2.05) is 24.3 Å². The Kier molecular flexibility index (Phi) is 7.99. The highest BCUT2D eigenvalue weighted by molar-refractivity contribution is 7.18. The molecule has 0 saturated heterocycles. The third-order valence-corrected chi connectivity index (χ3v) is 7.66. The highest BCUT2D eigenvalue weighted by Gasteiger charge is 2.25. The van der Waals surface area contributed by atoms with Crippen molar-refractivity contribution in [3.63, 3.8) is 0 Å². The lowest BCUT2D eigenvalue weighted by molar-refractivity contribution is -0.159. The maximum atomic E-state index is 13.0. The van der Waals surface area contributed by atoms with Crippen molar-refractivity contribution in [2.75, 3.05) is 5.73 Å². The summed E-state index contributed by atoms with van der Waals surface area (Å²) in [5.74, 6) is -2.03. The first-order valence-corrected chi connectivity index (χ1v) is 13.6. The highest BCUT2D eigenvalue weighted by atomic mass is 32.1. The van der Waals surface area contributed by atoms with Gasteiger partial charge in [-0.2, -0.15) is 0 Å². The van der Waals surface area contributed by atoms with Crippen molar-refractivity contribution in [2.45, 2.75) is 25.4 Å². The standard InChI is InChI=1S/C28H22N4O5S2/c29-19-7-5-17(6-8-19)15-25(34)37-24(33)10-9-22(27-31-20-3-1-2-4-23(20)39-27)36-28(35)21-16-38-26(32-21)18-11-13-30-14-12-18/h1-8,11-14,16,22H,9-10,15,29H2. The molecule has 2 aromatic carbocycles. The molecule has 2 N–H and O–H groups in total. The lowest BCUT2D eigenvalue weighted by Crippen LogP contribution is -2.17. The van der Waals surface area contributed by atoms with Crippen molar-refractivity contribution >= 4 is 56.5 Å². The van der Waals surface area contributed by atoms with E-state index in [0.29, 0.717) is 21.3 Å². The molecule has 0 saturated carbocycles. The molecule has 39 heavy (non-hydrogen) atoms. The van der Waals surface area contributed by atoms with Crippen molar-refractivity contribution in [2.24, 2.45) is 0 Å². The molecule has 5 rings (SSSR count). The Bertz CT molecular complexity index is 1580. The average Bonchev–Trinajstić information content (AvgIpc) is 3.61. The van der Waals surface area contributed by atoms with Crippen LogP contribution in [0.25, 0.3) is 20.8 Å². The van der Waals surface area contributed by atoms with Gasteiger partial charge >= 0.3 is 17.9 Å². The fraction of sp³-hybridized carbons (Fsp3) is 0.143. The summed E-state index contributed by atoms with van der Waals surface area (Å²) in [6, 6.07) is 17.9. The number of nitrogen functional groups attached to an aromatic ring is 1. The zero-order valence-corrected chi connectivity index (χ0v) is 22.1. The molecule has 3 aromatic heterocycles. The summed E-state index contributed by atoms with van der Waals surface area (Å²) in [7, 11) is 0. The fourth-order valence-corrected chi connectivity index (χ4v) is 5.54. The van der Waals surface area contributed by atoms with Crippen molar-refractivity contribution in [1.29, 1.82) is 0 Å². The number of rotatable bonds is 9. The molecule has 0 aliphatic heterocycles. The van der Waals surface area contributed by atoms with Crippen LogP contribution in [0.1, 0.15) is 40.0 Å². The average molecular weight is 559 g/mol. The first-order valence-electron chi connectivity index (χ1n) is 11.9. The van der Waals surface area contributed by atoms with Gasteiger partial charge in [0.2, 0.25) is 0 Å². The van der Waals surface area contributed by atoms with E-state index >= 15 is 0 Å². The molecule has 0 spiro atoms. The molecule has 3 heterocycles. The smallest absolute Gasteiger partial charge is 0.358 e. The van der Waals surface area contributed by atoms with E-state index in [4.69, 9.17) is 15.2 Å².